The summed E-state index contributed by atoms with van der Waals surface area (Å²) in [4.78, 5) is 25.6. The molecule has 2 aliphatic rings. The molecule has 34 heavy (non-hydrogen) atoms. The zero-order valence-electron chi connectivity index (χ0n) is 19.9. The van der Waals surface area contributed by atoms with Gasteiger partial charge in [-0.05, 0) is 43.4 Å². The largest absolute Gasteiger partial charge is 0.355 e. The second-order valence-corrected chi connectivity index (χ2v) is 9.83. The van der Waals surface area contributed by atoms with Gasteiger partial charge in [0.1, 0.15) is 18.0 Å². The molecule has 174 valence electrons. The summed E-state index contributed by atoms with van der Waals surface area (Å²) in [6.45, 7) is 12.4. The third-order valence-electron chi connectivity index (χ3n) is 7.60. The average molecular weight is 456 g/mol. The minimum absolute atomic E-state index is 0.0164. The first-order valence-corrected chi connectivity index (χ1v) is 11.8. The van der Waals surface area contributed by atoms with Crippen molar-refractivity contribution in [2.24, 2.45) is 11.3 Å². The van der Waals surface area contributed by atoms with Gasteiger partial charge in [0.25, 0.3) is 0 Å². The number of H-pyrrole nitrogens is 1. The number of carbonyl (C=O) groups excluding carboxylic acids is 1. The van der Waals surface area contributed by atoms with Gasteiger partial charge in [-0.25, -0.2) is 9.97 Å². The molecule has 0 radical (unpaired) electrons. The number of likely N-dealkylation sites (tertiary alicyclic amines) is 1. The van der Waals surface area contributed by atoms with Crippen molar-refractivity contribution in [3.63, 3.8) is 0 Å². The Morgan fingerprint density at radius 1 is 1.32 bits per heavy atom. The maximum Gasteiger partial charge on any atom is 0.246 e. The van der Waals surface area contributed by atoms with Gasteiger partial charge in [0, 0.05) is 42.0 Å². The normalized spacial score (nSPS) is 19.3. The fraction of sp³-hybridized carbons (Fsp3) is 0.423. The second kappa shape index (κ2) is 8.24. The number of hydrogen-bond donors (Lipinski definition) is 1. The van der Waals surface area contributed by atoms with Gasteiger partial charge < -0.3 is 9.80 Å². The summed E-state index contributed by atoms with van der Waals surface area (Å²) in [5.74, 6) is 1.08. The number of nitriles is 1. The topological polar surface area (TPSA) is 102 Å². The zero-order valence-corrected chi connectivity index (χ0v) is 19.9. The maximum atomic E-state index is 12.3. The second-order valence-electron chi connectivity index (χ2n) is 9.83. The van der Waals surface area contributed by atoms with Crippen molar-refractivity contribution in [3.8, 4) is 17.3 Å². The van der Waals surface area contributed by atoms with E-state index in [4.69, 9.17) is 0 Å². The molecule has 1 aromatic carbocycles. The van der Waals surface area contributed by atoms with Crippen molar-refractivity contribution in [1.29, 1.82) is 5.26 Å². The van der Waals surface area contributed by atoms with Crippen LogP contribution in [0, 0.1) is 29.6 Å². The van der Waals surface area contributed by atoms with Gasteiger partial charge in [-0.1, -0.05) is 26.5 Å². The summed E-state index contributed by atoms with van der Waals surface area (Å²) in [6.07, 6.45) is 6.67. The van der Waals surface area contributed by atoms with Crippen LogP contribution < -0.4 is 4.90 Å². The number of nitrogens with one attached hydrogen (secondary N) is 1. The molecule has 2 aliphatic heterocycles. The van der Waals surface area contributed by atoms with Gasteiger partial charge >= 0.3 is 0 Å². The molecule has 5 rings (SSSR count). The predicted octanol–water partition coefficient (Wildman–Crippen LogP) is 3.84. The molecule has 1 atom stereocenters. The SMILES string of the molecule is C=CC(=O)N1CC2(CCN(c3ncnc(-c4c(C)ccc5[nH]ncc45)c3C#N)CC2)C1C(C)C. The Balaban J connectivity index is 1.45. The van der Waals surface area contributed by atoms with Crippen LogP contribution in [0.5, 0.6) is 0 Å². The van der Waals surface area contributed by atoms with Crippen molar-refractivity contribution >= 4 is 22.6 Å². The molecule has 2 saturated heterocycles. The lowest BCUT2D eigenvalue weighted by molar-refractivity contribution is -0.158. The Kier molecular flexibility index (Phi) is 5.35. The Hall–Kier alpha value is -3.73. The lowest BCUT2D eigenvalue weighted by Gasteiger charge is -2.62. The lowest BCUT2D eigenvalue weighted by Crippen LogP contribution is -2.70. The Morgan fingerprint density at radius 3 is 2.76 bits per heavy atom. The number of piperidine rings is 1. The highest BCUT2D eigenvalue weighted by molar-refractivity contribution is 5.97. The fourth-order valence-corrected chi connectivity index (χ4v) is 6.12. The third-order valence-corrected chi connectivity index (χ3v) is 7.60. The maximum absolute atomic E-state index is 12.3. The number of amides is 1. The summed E-state index contributed by atoms with van der Waals surface area (Å²) >= 11 is 0. The number of anilines is 1. The molecule has 8 heteroatoms. The molecule has 4 heterocycles. The van der Waals surface area contributed by atoms with E-state index in [-0.39, 0.29) is 17.4 Å². The number of nitrogens with zero attached hydrogens (tertiary/aromatic N) is 6. The predicted molar refractivity (Wildman–Crippen MR) is 131 cm³/mol. The molecular formula is C26H29N7O. The first kappa shape index (κ1) is 22.1. The van der Waals surface area contributed by atoms with Crippen molar-refractivity contribution < 1.29 is 4.79 Å². The number of fused-ring (bicyclic) bond motifs is 1. The Morgan fingerprint density at radius 2 is 2.09 bits per heavy atom. The van der Waals surface area contributed by atoms with Gasteiger partial charge in [-0.2, -0.15) is 10.4 Å². The van der Waals surface area contributed by atoms with Crippen LogP contribution in [-0.2, 0) is 4.79 Å². The van der Waals surface area contributed by atoms with Crippen LogP contribution in [0.25, 0.3) is 22.2 Å². The van der Waals surface area contributed by atoms with Crippen LogP contribution in [0.3, 0.4) is 0 Å². The van der Waals surface area contributed by atoms with Crippen LogP contribution in [0.1, 0.15) is 37.8 Å². The van der Waals surface area contributed by atoms with E-state index < -0.39 is 0 Å². The van der Waals surface area contributed by atoms with E-state index in [0.717, 1.165) is 54.5 Å². The van der Waals surface area contributed by atoms with E-state index in [9.17, 15) is 10.1 Å². The molecule has 1 unspecified atom stereocenters. The van der Waals surface area contributed by atoms with Crippen LogP contribution in [0.4, 0.5) is 5.82 Å². The van der Waals surface area contributed by atoms with Gasteiger partial charge in [0.05, 0.1) is 17.4 Å². The van der Waals surface area contributed by atoms with Crippen LogP contribution in [0.2, 0.25) is 0 Å². The number of aromatic nitrogens is 4. The van der Waals surface area contributed by atoms with Gasteiger partial charge in [-0.3, -0.25) is 9.89 Å². The fourth-order valence-electron chi connectivity index (χ4n) is 6.12. The van der Waals surface area contributed by atoms with E-state index in [1.165, 1.54) is 6.08 Å². The van der Waals surface area contributed by atoms with Gasteiger partial charge in [0.15, 0.2) is 5.82 Å². The standard InChI is InChI=1S/C26H29N7O/c1-5-21(34)33-14-26(24(33)16(2)3)8-10-32(11-9-26)25-18(12-27)23(28-15-29-25)22-17(4)6-7-20-19(22)13-30-31-20/h5-7,13,15-16,24H,1,8-11,14H2,2-4H3,(H,30,31). The van der Waals surface area contributed by atoms with Crippen molar-refractivity contribution in [3.05, 3.63) is 48.4 Å². The van der Waals surface area contributed by atoms with E-state index in [0.29, 0.717) is 23.0 Å². The number of aryl methyl sites for hydroxylation is 1. The minimum Gasteiger partial charge on any atom is -0.355 e. The minimum atomic E-state index is 0.0164. The highest BCUT2D eigenvalue weighted by atomic mass is 16.2. The molecule has 1 amide bonds. The number of hydrogen-bond acceptors (Lipinski definition) is 6. The summed E-state index contributed by atoms with van der Waals surface area (Å²) in [5, 5.41) is 18.3. The highest BCUT2D eigenvalue weighted by Gasteiger charge is 2.55. The van der Waals surface area contributed by atoms with Crippen LogP contribution >= 0.6 is 0 Å². The van der Waals surface area contributed by atoms with Crippen LogP contribution in [0.15, 0.2) is 37.3 Å². The molecule has 8 nitrogen and oxygen atoms in total. The molecule has 2 aromatic heterocycles. The molecule has 0 aliphatic carbocycles. The molecule has 0 bridgehead atoms. The van der Waals surface area contributed by atoms with E-state index in [1.807, 2.05) is 24.0 Å². The molecule has 0 saturated carbocycles. The number of aromatic amines is 1. The number of rotatable bonds is 4. The summed E-state index contributed by atoms with van der Waals surface area (Å²) in [5.41, 5.74) is 4.11. The summed E-state index contributed by atoms with van der Waals surface area (Å²) in [6, 6.07) is 6.61. The van der Waals surface area contributed by atoms with Gasteiger partial charge in [0.2, 0.25) is 5.91 Å². The molecule has 1 N–H and O–H groups in total. The van der Waals surface area contributed by atoms with E-state index >= 15 is 0 Å². The van der Waals surface area contributed by atoms with Crippen LogP contribution in [-0.4, -0.2) is 56.6 Å². The monoisotopic (exact) mass is 455 g/mol. The van der Waals surface area contributed by atoms with E-state index in [1.54, 1.807) is 12.5 Å². The molecule has 2 fully saturated rings. The van der Waals surface area contributed by atoms with Gasteiger partial charge in [-0.15, -0.1) is 0 Å². The van der Waals surface area contributed by atoms with E-state index in [2.05, 4.69) is 51.6 Å². The van der Waals surface area contributed by atoms with Crippen molar-refractivity contribution in [2.45, 2.75) is 39.7 Å². The smallest absolute Gasteiger partial charge is 0.246 e. The highest BCUT2D eigenvalue weighted by Crippen LogP contribution is 2.50. The first-order chi connectivity index (χ1) is 16.4. The number of benzene rings is 1. The molecular weight excluding hydrogens is 426 g/mol. The van der Waals surface area contributed by atoms with Crippen molar-refractivity contribution in [2.75, 3.05) is 24.5 Å². The summed E-state index contributed by atoms with van der Waals surface area (Å²) in [7, 11) is 0. The zero-order chi connectivity index (χ0) is 24.0. The first-order valence-electron chi connectivity index (χ1n) is 11.8. The lowest BCUT2D eigenvalue weighted by atomic mass is 9.62. The average Bonchev–Trinajstić information content (AvgIpc) is 3.30. The number of carbonyl (C=O) groups is 1. The van der Waals surface area contributed by atoms with Crippen molar-refractivity contribution in [1.82, 2.24) is 25.1 Å². The molecule has 3 aromatic rings. The Labute approximate surface area is 199 Å². The third kappa shape index (κ3) is 3.26. The quantitative estimate of drug-likeness (QED) is 0.600. The summed E-state index contributed by atoms with van der Waals surface area (Å²) < 4.78 is 0. The molecule has 1 spiro atoms. The Bertz CT molecular complexity index is 1310.